The second-order valence-electron chi connectivity index (χ2n) is 9.78. The normalized spacial score (nSPS) is 14.3. The van der Waals surface area contributed by atoms with Gasteiger partial charge in [0.05, 0.1) is 5.56 Å². The van der Waals surface area contributed by atoms with Gasteiger partial charge in [-0.3, -0.25) is 18.9 Å². The third kappa shape index (κ3) is 5.74. The highest BCUT2D eigenvalue weighted by Crippen LogP contribution is 2.23. The third-order valence-electron chi connectivity index (χ3n) is 6.95. The number of pyridine rings is 1. The second kappa shape index (κ2) is 11.3. The van der Waals surface area contributed by atoms with Crippen molar-refractivity contribution in [3.8, 4) is 6.07 Å². The fraction of sp³-hybridized carbons (Fsp3) is 0.226. The number of amides is 1. The molecule has 1 aliphatic rings. The molecule has 4 aromatic rings. The van der Waals surface area contributed by atoms with Crippen molar-refractivity contribution < 1.29 is 4.79 Å². The predicted octanol–water partition coefficient (Wildman–Crippen LogP) is 4.18. The maximum atomic E-state index is 13.7. The zero-order valence-electron chi connectivity index (χ0n) is 22.1. The highest BCUT2D eigenvalue weighted by molar-refractivity contribution is 6.10. The van der Waals surface area contributed by atoms with E-state index >= 15 is 0 Å². The number of fused-ring (bicyclic) bond motifs is 1. The average Bonchev–Trinajstić information content (AvgIpc) is 2.95. The first-order valence-corrected chi connectivity index (χ1v) is 13.0. The minimum absolute atomic E-state index is 0.161. The molecular weight excluding hydrogens is 488 g/mol. The Morgan fingerprint density at radius 3 is 2.41 bits per heavy atom. The van der Waals surface area contributed by atoms with E-state index in [1.54, 1.807) is 24.4 Å². The van der Waals surface area contributed by atoms with E-state index in [9.17, 15) is 14.9 Å². The Bertz CT molecular complexity index is 1630. The lowest BCUT2D eigenvalue weighted by atomic mass is 10.1. The number of piperazine rings is 1. The summed E-state index contributed by atoms with van der Waals surface area (Å²) in [5.41, 5.74) is 4.06. The molecule has 39 heavy (non-hydrogen) atoms. The van der Waals surface area contributed by atoms with Crippen LogP contribution in [0.25, 0.3) is 11.7 Å². The van der Waals surface area contributed by atoms with Crippen LogP contribution in [0.4, 0.5) is 11.5 Å². The Kier molecular flexibility index (Phi) is 7.53. The van der Waals surface area contributed by atoms with E-state index in [4.69, 9.17) is 4.98 Å². The minimum atomic E-state index is -0.575. The lowest BCUT2D eigenvalue weighted by Gasteiger charge is -2.36. The van der Waals surface area contributed by atoms with Gasteiger partial charge in [-0.1, -0.05) is 54.1 Å². The van der Waals surface area contributed by atoms with Crippen LogP contribution in [0.3, 0.4) is 0 Å². The number of hydrogen-bond donors (Lipinski definition) is 1. The van der Waals surface area contributed by atoms with Crippen LogP contribution in [0.2, 0.25) is 0 Å². The van der Waals surface area contributed by atoms with Crippen LogP contribution in [0.1, 0.15) is 22.3 Å². The fourth-order valence-corrected chi connectivity index (χ4v) is 4.76. The second-order valence-corrected chi connectivity index (χ2v) is 9.78. The number of anilines is 2. The van der Waals surface area contributed by atoms with Crippen molar-refractivity contribution in [2.75, 3.05) is 36.4 Å². The number of benzene rings is 2. The number of carbonyl (C=O) groups is 1. The zero-order chi connectivity index (χ0) is 27.4. The molecule has 1 fully saturated rings. The first-order valence-electron chi connectivity index (χ1n) is 13.0. The van der Waals surface area contributed by atoms with Gasteiger partial charge < -0.3 is 10.2 Å². The van der Waals surface area contributed by atoms with E-state index < -0.39 is 5.91 Å². The van der Waals surface area contributed by atoms with E-state index in [1.165, 1.54) is 16.0 Å². The first kappa shape index (κ1) is 25.9. The summed E-state index contributed by atoms with van der Waals surface area (Å²) in [7, 11) is 0. The monoisotopic (exact) mass is 518 g/mol. The molecule has 2 aromatic carbocycles. The summed E-state index contributed by atoms with van der Waals surface area (Å²) in [5.74, 6) is -0.0849. The van der Waals surface area contributed by atoms with Crippen LogP contribution < -0.4 is 15.8 Å². The first-order chi connectivity index (χ1) is 18.9. The lowest BCUT2D eigenvalue weighted by Crippen LogP contribution is -2.47. The number of hydrogen-bond acceptors (Lipinski definition) is 6. The SMILES string of the molecule is Cc1ccc(NC(=O)/C(C#N)=C/c2c(N3CCN(Cc4ccccc4)CC3)nc3c(C)cccn3c2=O)cc1. The molecule has 8 heteroatoms. The predicted molar refractivity (Wildman–Crippen MR) is 154 cm³/mol. The molecule has 0 saturated carbocycles. The number of nitrogens with one attached hydrogen (secondary N) is 1. The van der Waals surface area contributed by atoms with Crippen molar-refractivity contribution in [2.24, 2.45) is 0 Å². The van der Waals surface area contributed by atoms with Gasteiger partial charge in [0.15, 0.2) is 0 Å². The lowest BCUT2D eigenvalue weighted by molar-refractivity contribution is -0.112. The van der Waals surface area contributed by atoms with Crippen molar-refractivity contribution in [2.45, 2.75) is 20.4 Å². The van der Waals surface area contributed by atoms with Crippen LogP contribution in [-0.4, -0.2) is 46.4 Å². The van der Waals surface area contributed by atoms with Gasteiger partial charge in [0.2, 0.25) is 0 Å². The average molecular weight is 519 g/mol. The third-order valence-corrected chi connectivity index (χ3v) is 6.95. The quantitative estimate of drug-likeness (QED) is 0.304. The zero-order valence-corrected chi connectivity index (χ0v) is 22.1. The molecule has 0 unspecified atom stereocenters. The van der Waals surface area contributed by atoms with Gasteiger partial charge >= 0.3 is 0 Å². The molecule has 0 atom stereocenters. The van der Waals surface area contributed by atoms with Crippen LogP contribution in [0, 0.1) is 25.2 Å². The molecule has 5 rings (SSSR count). The molecule has 1 amide bonds. The number of nitriles is 1. The largest absolute Gasteiger partial charge is 0.353 e. The maximum absolute atomic E-state index is 13.7. The van der Waals surface area contributed by atoms with Gasteiger partial charge in [-0.25, -0.2) is 4.98 Å². The standard InChI is InChI=1S/C31H30N6O2/c1-22-10-12-26(13-11-22)33-30(38)25(20-32)19-27-29(34-28-23(2)7-6-14-37(28)31(27)39)36-17-15-35(16-18-36)21-24-8-4-3-5-9-24/h3-14,19H,15-18,21H2,1-2H3,(H,33,38)/b25-19+. The summed E-state index contributed by atoms with van der Waals surface area (Å²) >= 11 is 0. The van der Waals surface area contributed by atoms with Crippen LogP contribution in [-0.2, 0) is 11.3 Å². The van der Waals surface area contributed by atoms with Crippen molar-refractivity contribution in [1.82, 2.24) is 14.3 Å². The summed E-state index contributed by atoms with van der Waals surface area (Å²) in [4.78, 5) is 36.1. The molecule has 3 heterocycles. The van der Waals surface area contributed by atoms with E-state index in [1.807, 2.05) is 56.3 Å². The van der Waals surface area contributed by atoms with Crippen molar-refractivity contribution in [1.29, 1.82) is 5.26 Å². The van der Waals surface area contributed by atoms with Gasteiger partial charge in [0, 0.05) is 44.6 Å². The Morgan fingerprint density at radius 1 is 1.00 bits per heavy atom. The van der Waals surface area contributed by atoms with Crippen LogP contribution in [0.15, 0.2) is 83.3 Å². The van der Waals surface area contributed by atoms with Gasteiger partial charge in [-0.15, -0.1) is 0 Å². The number of aryl methyl sites for hydroxylation is 2. The molecule has 2 aromatic heterocycles. The highest BCUT2D eigenvalue weighted by Gasteiger charge is 2.24. The molecule has 1 aliphatic heterocycles. The van der Waals surface area contributed by atoms with E-state index in [0.717, 1.165) is 30.8 Å². The Hall–Kier alpha value is -4.74. The summed E-state index contributed by atoms with van der Waals surface area (Å²) < 4.78 is 1.48. The number of rotatable bonds is 6. The Morgan fingerprint density at radius 2 is 1.72 bits per heavy atom. The highest BCUT2D eigenvalue weighted by atomic mass is 16.1. The van der Waals surface area contributed by atoms with Crippen molar-refractivity contribution >= 4 is 29.1 Å². The summed E-state index contributed by atoms with van der Waals surface area (Å²) in [6.45, 7) is 7.65. The van der Waals surface area contributed by atoms with E-state index in [2.05, 4.69) is 27.2 Å². The smallest absolute Gasteiger partial charge is 0.267 e. The van der Waals surface area contributed by atoms with Crippen LogP contribution >= 0.6 is 0 Å². The Balaban J connectivity index is 1.48. The summed E-state index contributed by atoms with van der Waals surface area (Å²) in [6.07, 6.45) is 3.04. The summed E-state index contributed by atoms with van der Waals surface area (Å²) in [6, 6.07) is 23.3. The van der Waals surface area contributed by atoms with Crippen LogP contribution in [0.5, 0.6) is 0 Å². The summed E-state index contributed by atoms with van der Waals surface area (Å²) in [5, 5.41) is 12.6. The van der Waals surface area contributed by atoms with Crippen molar-refractivity contribution in [3.05, 3.63) is 111 Å². The number of nitrogens with zero attached hydrogens (tertiary/aromatic N) is 5. The molecule has 0 radical (unpaired) electrons. The molecular formula is C31H30N6O2. The van der Waals surface area contributed by atoms with Crippen molar-refractivity contribution in [3.63, 3.8) is 0 Å². The van der Waals surface area contributed by atoms with Gasteiger partial charge in [-0.05, 0) is 49.2 Å². The molecule has 1 saturated heterocycles. The Labute approximate surface area is 227 Å². The topological polar surface area (TPSA) is 93.7 Å². The molecule has 1 N–H and O–H groups in total. The maximum Gasteiger partial charge on any atom is 0.267 e. The molecule has 8 nitrogen and oxygen atoms in total. The molecule has 0 aliphatic carbocycles. The van der Waals surface area contributed by atoms with E-state index in [0.29, 0.717) is 30.2 Å². The molecule has 0 spiro atoms. The minimum Gasteiger partial charge on any atom is -0.353 e. The van der Waals surface area contributed by atoms with Gasteiger partial charge in [0.1, 0.15) is 23.1 Å². The van der Waals surface area contributed by atoms with E-state index in [-0.39, 0.29) is 16.7 Å². The fourth-order valence-electron chi connectivity index (χ4n) is 4.76. The van der Waals surface area contributed by atoms with Gasteiger partial charge in [-0.2, -0.15) is 5.26 Å². The molecule has 196 valence electrons. The number of aromatic nitrogens is 2. The molecule has 0 bridgehead atoms. The van der Waals surface area contributed by atoms with Gasteiger partial charge in [0.25, 0.3) is 11.5 Å². The number of carbonyl (C=O) groups excluding carboxylic acids is 1.